The Morgan fingerprint density at radius 2 is 2.50 bits per heavy atom. The SMILES string of the molecule is Cc1cc(CNC(=O)Cn2ccc([C@@H]3CCCNC3)n2)on1. The van der Waals surface area contributed by atoms with E-state index in [1.165, 1.54) is 6.42 Å². The summed E-state index contributed by atoms with van der Waals surface area (Å²) in [5.41, 5.74) is 1.87. The van der Waals surface area contributed by atoms with Crippen LogP contribution in [0.15, 0.2) is 22.9 Å². The number of piperidine rings is 1. The van der Waals surface area contributed by atoms with Crippen molar-refractivity contribution in [2.75, 3.05) is 13.1 Å². The molecule has 1 amide bonds. The number of carbonyl (C=O) groups is 1. The van der Waals surface area contributed by atoms with Gasteiger partial charge in [-0.05, 0) is 32.4 Å². The molecule has 0 unspecified atom stereocenters. The fourth-order valence-electron chi connectivity index (χ4n) is 2.68. The molecule has 1 fully saturated rings. The molecule has 1 saturated heterocycles. The van der Waals surface area contributed by atoms with E-state index >= 15 is 0 Å². The molecule has 0 bridgehead atoms. The molecule has 0 aliphatic carbocycles. The molecular weight excluding hydrogens is 282 g/mol. The van der Waals surface area contributed by atoms with Crippen molar-refractivity contribution in [3.8, 4) is 0 Å². The Labute approximate surface area is 129 Å². The van der Waals surface area contributed by atoms with Crippen LogP contribution in [0.25, 0.3) is 0 Å². The van der Waals surface area contributed by atoms with Gasteiger partial charge in [0.1, 0.15) is 6.54 Å². The minimum absolute atomic E-state index is 0.0922. The van der Waals surface area contributed by atoms with Crippen LogP contribution in [0.4, 0.5) is 0 Å². The highest BCUT2D eigenvalue weighted by atomic mass is 16.5. The molecule has 7 heteroatoms. The fourth-order valence-corrected chi connectivity index (χ4v) is 2.68. The van der Waals surface area contributed by atoms with Crippen molar-refractivity contribution in [3.63, 3.8) is 0 Å². The third-order valence-electron chi connectivity index (χ3n) is 3.82. The van der Waals surface area contributed by atoms with Crippen LogP contribution in [0.5, 0.6) is 0 Å². The Morgan fingerprint density at radius 3 is 3.23 bits per heavy atom. The van der Waals surface area contributed by atoms with E-state index in [4.69, 9.17) is 4.52 Å². The summed E-state index contributed by atoms with van der Waals surface area (Å²) in [6.45, 7) is 4.46. The lowest BCUT2D eigenvalue weighted by Crippen LogP contribution is -2.29. The van der Waals surface area contributed by atoms with Gasteiger partial charge in [0.15, 0.2) is 5.76 Å². The molecule has 0 spiro atoms. The monoisotopic (exact) mass is 303 g/mol. The van der Waals surface area contributed by atoms with Crippen molar-refractivity contribution >= 4 is 5.91 Å². The molecule has 1 atom stereocenters. The first kappa shape index (κ1) is 14.8. The van der Waals surface area contributed by atoms with Crippen LogP contribution >= 0.6 is 0 Å². The van der Waals surface area contributed by atoms with Crippen LogP contribution in [0.1, 0.15) is 35.9 Å². The lowest BCUT2D eigenvalue weighted by Gasteiger charge is -2.20. The third-order valence-corrected chi connectivity index (χ3v) is 3.82. The van der Waals surface area contributed by atoms with Gasteiger partial charge in [-0.15, -0.1) is 0 Å². The van der Waals surface area contributed by atoms with Gasteiger partial charge in [-0.2, -0.15) is 5.10 Å². The molecule has 2 aromatic rings. The molecule has 2 N–H and O–H groups in total. The van der Waals surface area contributed by atoms with Gasteiger partial charge in [0, 0.05) is 24.7 Å². The number of carbonyl (C=O) groups excluding carboxylic acids is 1. The number of nitrogens with one attached hydrogen (secondary N) is 2. The number of aromatic nitrogens is 3. The van der Waals surface area contributed by atoms with Gasteiger partial charge in [0.2, 0.25) is 5.91 Å². The number of hydrogen-bond donors (Lipinski definition) is 2. The van der Waals surface area contributed by atoms with Gasteiger partial charge in [-0.3, -0.25) is 9.48 Å². The maximum Gasteiger partial charge on any atom is 0.242 e. The molecule has 1 aliphatic heterocycles. The Hall–Kier alpha value is -2.15. The zero-order chi connectivity index (χ0) is 15.4. The highest BCUT2D eigenvalue weighted by Gasteiger charge is 2.17. The van der Waals surface area contributed by atoms with Crippen LogP contribution in [-0.2, 0) is 17.9 Å². The van der Waals surface area contributed by atoms with Crippen molar-refractivity contribution in [3.05, 3.63) is 35.5 Å². The third kappa shape index (κ3) is 3.73. The maximum atomic E-state index is 11.9. The van der Waals surface area contributed by atoms with E-state index in [1.54, 1.807) is 4.68 Å². The van der Waals surface area contributed by atoms with Crippen LogP contribution in [0, 0.1) is 6.92 Å². The summed E-state index contributed by atoms with van der Waals surface area (Å²) in [4.78, 5) is 11.9. The second-order valence-corrected chi connectivity index (χ2v) is 5.69. The van der Waals surface area contributed by atoms with Crippen LogP contribution in [0.3, 0.4) is 0 Å². The van der Waals surface area contributed by atoms with Crippen molar-refractivity contribution in [2.45, 2.75) is 38.8 Å². The van der Waals surface area contributed by atoms with Crippen LogP contribution in [0.2, 0.25) is 0 Å². The molecule has 2 aromatic heterocycles. The van der Waals surface area contributed by atoms with Gasteiger partial charge in [0.25, 0.3) is 0 Å². The Kier molecular flexibility index (Phi) is 4.53. The predicted molar refractivity (Wildman–Crippen MR) is 80.2 cm³/mol. The van der Waals surface area contributed by atoms with E-state index < -0.39 is 0 Å². The quantitative estimate of drug-likeness (QED) is 0.859. The largest absolute Gasteiger partial charge is 0.359 e. The summed E-state index contributed by atoms with van der Waals surface area (Å²) < 4.78 is 6.74. The summed E-state index contributed by atoms with van der Waals surface area (Å²) in [7, 11) is 0. The fraction of sp³-hybridized carbons (Fsp3) is 0.533. The molecule has 0 aromatic carbocycles. The van der Waals surface area contributed by atoms with Crippen LogP contribution in [-0.4, -0.2) is 33.9 Å². The zero-order valence-corrected chi connectivity index (χ0v) is 12.7. The number of aryl methyl sites for hydroxylation is 1. The van der Waals surface area contributed by atoms with Crippen molar-refractivity contribution in [2.24, 2.45) is 0 Å². The average Bonchev–Trinajstić information content (AvgIpc) is 3.15. The van der Waals surface area contributed by atoms with Gasteiger partial charge in [-0.25, -0.2) is 0 Å². The zero-order valence-electron chi connectivity index (χ0n) is 12.7. The molecule has 1 aliphatic rings. The Morgan fingerprint density at radius 1 is 1.59 bits per heavy atom. The second kappa shape index (κ2) is 6.74. The van der Waals surface area contributed by atoms with Gasteiger partial charge < -0.3 is 15.2 Å². The van der Waals surface area contributed by atoms with E-state index in [2.05, 4.69) is 20.9 Å². The molecule has 118 valence electrons. The number of rotatable bonds is 5. The van der Waals surface area contributed by atoms with E-state index in [9.17, 15) is 4.79 Å². The lowest BCUT2D eigenvalue weighted by atomic mass is 9.97. The standard InChI is InChI=1S/C15H21N5O2/c1-11-7-13(22-19-11)9-17-15(21)10-20-6-4-14(18-20)12-3-2-5-16-8-12/h4,6-7,12,16H,2-3,5,8-10H2,1H3,(H,17,21)/t12-/m1/s1. The van der Waals surface area contributed by atoms with Crippen molar-refractivity contribution in [1.29, 1.82) is 0 Å². The predicted octanol–water partition coefficient (Wildman–Crippen LogP) is 0.963. The topological polar surface area (TPSA) is 85.0 Å². The molecule has 7 nitrogen and oxygen atoms in total. The van der Waals surface area contributed by atoms with Gasteiger partial charge in [-0.1, -0.05) is 5.16 Å². The van der Waals surface area contributed by atoms with E-state index in [0.717, 1.165) is 30.9 Å². The average molecular weight is 303 g/mol. The second-order valence-electron chi connectivity index (χ2n) is 5.69. The molecule has 3 heterocycles. The number of hydrogen-bond acceptors (Lipinski definition) is 5. The number of nitrogens with zero attached hydrogens (tertiary/aromatic N) is 3. The van der Waals surface area contributed by atoms with Gasteiger partial charge >= 0.3 is 0 Å². The maximum absolute atomic E-state index is 11.9. The van der Waals surface area contributed by atoms with E-state index in [-0.39, 0.29) is 12.5 Å². The van der Waals surface area contributed by atoms with Crippen molar-refractivity contribution < 1.29 is 9.32 Å². The van der Waals surface area contributed by atoms with Crippen LogP contribution < -0.4 is 10.6 Å². The first-order valence-corrected chi connectivity index (χ1v) is 7.63. The molecular formula is C15H21N5O2. The van der Waals surface area contributed by atoms with E-state index in [0.29, 0.717) is 18.2 Å². The first-order valence-electron chi connectivity index (χ1n) is 7.63. The summed E-state index contributed by atoms with van der Waals surface area (Å²) in [5.74, 6) is 1.01. The Bertz CT molecular complexity index is 627. The normalized spacial score (nSPS) is 18.3. The minimum atomic E-state index is -0.0922. The highest BCUT2D eigenvalue weighted by Crippen LogP contribution is 2.21. The smallest absolute Gasteiger partial charge is 0.242 e. The first-order chi connectivity index (χ1) is 10.7. The van der Waals surface area contributed by atoms with Crippen molar-refractivity contribution in [1.82, 2.24) is 25.6 Å². The Balaban J connectivity index is 1.50. The summed E-state index contributed by atoms with van der Waals surface area (Å²) >= 11 is 0. The minimum Gasteiger partial charge on any atom is -0.359 e. The molecule has 22 heavy (non-hydrogen) atoms. The summed E-state index contributed by atoms with van der Waals surface area (Å²) in [6.07, 6.45) is 4.19. The van der Waals surface area contributed by atoms with Gasteiger partial charge in [0.05, 0.1) is 17.9 Å². The van der Waals surface area contributed by atoms with E-state index in [1.807, 2.05) is 25.3 Å². The summed E-state index contributed by atoms with van der Waals surface area (Å²) in [6, 6.07) is 3.81. The summed E-state index contributed by atoms with van der Waals surface area (Å²) in [5, 5.41) is 14.5. The number of amides is 1. The molecule has 3 rings (SSSR count). The highest BCUT2D eigenvalue weighted by molar-refractivity contribution is 5.75. The molecule has 0 radical (unpaired) electrons. The molecule has 0 saturated carbocycles. The lowest BCUT2D eigenvalue weighted by molar-refractivity contribution is -0.122.